The number of aromatic nitrogens is 1. The third-order valence-corrected chi connectivity index (χ3v) is 6.35. The van der Waals surface area contributed by atoms with Crippen molar-refractivity contribution in [2.75, 3.05) is 13.2 Å². The maximum absolute atomic E-state index is 12.9. The Morgan fingerprint density at radius 3 is 3.00 bits per heavy atom. The zero-order valence-corrected chi connectivity index (χ0v) is 15.7. The number of hydrogen-bond donors (Lipinski definition) is 2. The van der Waals surface area contributed by atoms with E-state index in [-0.39, 0.29) is 23.3 Å². The van der Waals surface area contributed by atoms with E-state index < -0.39 is 5.54 Å². The van der Waals surface area contributed by atoms with Crippen molar-refractivity contribution in [3.63, 3.8) is 0 Å². The van der Waals surface area contributed by atoms with Crippen molar-refractivity contribution in [1.29, 1.82) is 0 Å². The first-order chi connectivity index (χ1) is 12.4. The summed E-state index contributed by atoms with van der Waals surface area (Å²) in [4.78, 5) is 17.4. The number of aryl methyl sites for hydroxylation is 1. The maximum Gasteiger partial charge on any atom is 0.241 e. The minimum absolute atomic E-state index is 0.0759. The number of nitrogens with one attached hydrogen (secondary N) is 1. The van der Waals surface area contributed by atoms with Gasteiger partial charge in [0.05, 0.1) is 6.10 Å². The third-order valence-electron chi connectivity index (χ3n) is 6.35. The summed E-state index contributed by atoms with van der Waals surface area (Å²) in [6, 6.07) is 5.87. The second-order valence-electron chi connectivity index (χ2n) is 8.17. The number of nitrogens with zero attached hydrogens (tertiary/aromatic N) is 1. The summed E-state index contributed by atoms with van der Waals surface area (Å²) in [5.41, 5.74) is 8.11. The molecule has 1 aromatic carbocycles. The highest BCUT2D eigenvalue weighted by Crippen LogP contribution is 2.57. The van der Waals surface area contributed by atoms with E-state index in [0.717, 1.165) is 36.1 Å². The highest BCUT2D eigenvalue weighted by Gasteiger charge is 2.70. The van der Waals surface area contributed by atoms with Crippen molar-refractivity contribution >= 4 is 17.0 Å². The number of hydrogen-bond acceptors (Lipinski definition) is 5. The van der Waals surface area contributed by atoms with Crippen LogP contribution in [0.4, 0.5) is 0 Å². The Morgan fingerprint density at radius 1 is 1.42 bits per heavy atom. The van der Waals surface area contributed by atoms with E-state index in [9.17, 15) is 4.79 Å². The fourth-order valence-electron chi connectivity index (χ4n) is 4.71. The monoisotopic (exact) mass is 357 g/mol. The molecule has 0 bridgehead atoms. The predicted octanol–water partition coefficient (Wildman–Crippen LogP) is 2.33. The fourth-order valence-corrected chi connectivity index (χ4v) is 4.71. The lowest BCUT2D eigenvalue weighted by Crippen LogP contribution is -2.82. The molecule has 6 nitrogen and oxygen atoms in total. The van der Waals surface area contributed by atoms with Gasteiger partial charge in [-0.25, -0.2) is 4.98 Å². The number of para-hydroxylation sites is 1. The molecule has 2 aliphatic rings. The van der Waals surface area contributed by atoms with Gasteiger partial charge in [0, 0.05) is 30.9 Å². The Hall–Kier alpha value is -1.92. The minimum atomic E-state index is -0.879. The molecule has 3 N–H and O–H groups in total. The molecular weight excluding hydrogens is 330 g/mol. The topological polar surface area (TPSA) is 90.4 Å². The van der Waals surface area contributed by atoms with E-state index in [1.165, 1.54) is 0 Å². The standard InChI is InChI=1S/C20H27N3O3/c1-12-6-4-8-14-16(12)23-15(26-14)9-10-22-18(24)20(21)13-7-5-11-25-17(13)19(20,2)3/h4,6,8,13,17H,5,7,9-11,21H2,1-3H3,(H,22,24). The van der Waals surface area contributed by atoms with Crippen molar-refractivity contribution in [2.45, 2.75) is 51.7 Å². The summed E-state index contributed by atoms with van der Waals surface area (Å²) in [5.74, 6) is 0.632. The molecule has 0 radical (unpaired) electrons. The van der Waals surface area contributed by atoms with E-state index in [1.807, 2.05) is 39.0 Å². The number of fused-ring (bicyclic) bond motifs is 2. The summed E-state index contributed by atoms with van der Waals surface area (Å²) in [6.07, 6.45) is 2.53. The Kier molecular flexibility index (Phi) is 4.08. The van der Waals surface area contributed by atoms with Crippen LogP contribution in [0.1, 0.15) is 38.1 Å². The molecule has 1 aliphatic carbocycles. The van der Waals surface area contributed by atoms with Gasteiger partial charge in [-0.3, -0.25) is 4.79 Å². The van der Waals surface area contributed by atoms with Crippen LogP contribution >= 0.6 is 0 Å². The number of carbonyl (C=O) groups is 1. The van der Waals surface area contributed by atoms with Crippen LogP contribution < -0.4 is 11.1 Å². The van der Waals surface area contributed by atoms with Crippen LogP contribution in [0.25, 0.3) is 11.1 Å². The van der Waals surface area contributed by atoms with Gasteiger partial charge in [0.25, 0.3) is 0 Å². The predicted molar refractivity (Wildman–Crippen MR) is 98.6 cm³/mol. The molecule has 140 valence electrons. The van der Waals surface area contributed by atoms with E-state index in [0.29, 0.717) is 18.9 Å². The molecule has 1 saturated heterocycles. The van der Waals surface area contributed by atoms with Gasteiger partial charge in [-0.1, -0.05) is 26.0 Å². The molecule has 26 heavy (non-hydrogen) atoms. The Morgan fingerprint density at radius 2 is 2.23 bits per heavy atom. The minimum Gasteiger partial charge on any atom is -0.441 e. The maximum atomic E-state index is 12.9. The molecule has 0 spiro atoms. The molecule has 2 heterocycles. The van der Waals surface area contributed by atoms with Gasteiger partial charge in [-0.15, -0.1) is 0 Å². The zero-order valence-electron chi connectivity index (χ0n) is 15.7. The first-order valence-electron chi connectivity index (χ1n) is 9.39. The van der Waals surface area contributed by atoms with Crippen molar-refractivity contribution in [1.82, 2.24) is 10.3 Å². The first-order valence-corrected chi connectivity index (χ1v) is 9.39. The first kappa shape index (κ1) is 17.5. The lowest BCUT2D eigenvalue weighted by molar-refractivity contribution is -0.225. The van der Waals surface area contributed by atoms with E-state index >= 15 is 0 Å². The molecule has 2 fully saturated rings. The highest BCUT2D eigenvalue weighted by atomic mass is 16.5. The smallest absolute Gasteiger partial charge is 0.241 e. The van der Waals surface area contributed by atoms with Crippen molar-refractivity contribution < 1.29 is 13.9 Å². The average Bonchev–Trinajstić information content (AvgIpc) is 3.05. The SMILES string of the molecule is Cc1cccc2oc(CCNC(=O)C3(N)C4CCCOC4C3(C)C)nc12. The van der Waals surface area contributed by atoms with Crippen LogP contribution in [0.5, 0.6) is 0 Å². The van der Waals surface area contributed by atoms with E-state index in [4.69, 9.17) is 14.9 Å². The summed E-state index contributed by atoms with van der Waals surface area (Å²) in [5, 5.41) is 3.00. The molecule has 2 aromatic rings. The fraction of sp³-hybridized carbons (Fsp3) is 0.600. The molecule has 1 saturated carbocycles. The van der Waals surface area contributed by atoms with Gasteiger partial charge in [-0.2, -0.15) is 0 Å². The van der Waals surface area contributed by atoms with Gasteiger partial charge in [0.1, 0.15) is 11.1 Å². The second kappa shape index (κ2) is 6.06. The van der Waals surface area contributed by atoms with Gasteiger partial charge in [0.2, 0.25) is 5.91 Å². The number of carbonyl (C=O) groups excluding carboxylic acids is 1. The molecule has 3 atom stereocenters. The van der Waals surface area contributed by atoms with Gasteiger partial charge in [0.15, 0.2) is 11.5 Å². The lowest BCUT2D eigenvalue weighted by Gasteiger charge is -2.65. The normalized spacial score (nSPS) is 29.8. The molecule has 3 unspecified atom stereocenters. The summed E-state index contributed by atoms with van der Waals surface area (Å²) in [6.45, 7) is 7.29. The lowest BCUT2D eigenvalue weighted by atomic mass is 9.46. The Balaban J connectivity index is 1.41. The Labute approximate surface area is 153 Å². The third kappa shape index (κ3) is 2.39. The van der Waals surface area contributed by atoms with Crippen molar-refractivity contribution in [2.24, 2.45) is 17.1 Å². The van der Waals surface area contributed by atoms with Gasteiger partial charge in [-0.05, 0) is 31.4 Å². The molecule has 1 amide bonds. The van der Waals surface area contributed by atoms with E-state index in [2.05, 4.69) is 10.3 Å². The number of nitrogens with two attached hydrogens (primary N) is 1. The largest absolute Gasteiger partial charge is 0.441 e. The molecule has 4 rings (SSSR count). The van der Waals surface area contributed by atoms with Crippen LogP contribution in [-0.2, 0) is 16.0 Å². The molecular formula is C20H27N3O3. The molecule has 1 aliphatic heterocycles. The van der Waals surface area contributed by atoms with Crippen LogP contribution in [0, 0.1) is 18.3 Å². The van der Waals surface area contributed by atoms with Crippen molar-refractivity contribution in [3.8, 4) is 0 Å². The van der Waals surface area contributed by atoms with Gasteiger partial charge < -0.3 is 20.2 Å². The molecule has 6 heteroatoms. The van der Waals surface area contributed by atoms with Crippen LogP contribution in [0.15, 0.2) is 22.6 Å². The summed E-state index contributed by atoms with van der Waals surface area (Å²) >= 11 is 0. The zero-order chi connectivity index (χ0) is 18.5. The second-order valence-corrected chi connectivity index (χ2v) is 8.17. The number of ether oxygens (including phenoxy) is 1. The average molecular weight is 357 g/mol. The van der Waals surface area contributed by atoms with Crippen LogP contribution in [0.2, 0.25) is 0 Å². The van der Waals surface area contributed by atoms with Gasteiger partial charge >= 0.3 is 0 Å². The highest BCUT2D eigenvalue weighted by molar-refractivity contribution is 5.89. The summed E-state index contributed by atoms with van der Waals surface area (Å²) in [7, 11) is 0. The van der Waals surface area contributed by atoms with E-state index in [1.54, 1.807) is 0 Å². The quantitative estimate of drug-likeness (QED) is 0.876. The van der Waals surface area contributed by atoms with Crippen LogP contribution in [-0.4, -0.2) is 35.7 Å². The number of amides is 1. The summed E-state index contributed by atoms with van der Waals surface area (Å²) < 4.78 is 11.6. The number of rotatable bonds is 4. The Bertz CT molecular complexity index is 844. The number of oxazole rings is 1. The number of benzene rings is 1. The van der Waals surface area contributed by atoms with Crippen LogP contribution in [0.3, 0.4) is 0 Å². The van der Waals surface area contributed by atoms with Crippen molar-refractivity contribution in [3.05, 3.63) is 29.7 Å². The molecule has 1 aromatic heterocycles.